The first-order chi connectivity index (χ1) is 9.21. The van der Waals surface area contributed by atoms with E-state index in [0.717, 1.165) is 0 Å². The molecule has 6 nitrogen and oxygen atoms in total. The number of aliphatic hydroxyl groups excluding tert-OH is 1. The molecule has 0 aromatic heterocycles. The van der Waals surface area contributed by atoms with Crippen molar-refractivity contribution in [2.24, 2.45) is 0 Å². The summed E-state index contributed by atoms with van der Waals surface area (Å²) < 4.78 is 5.28. The number of hydrogen-bond donors (Lipinski definition) is 1. The van der Waals surface area contributed by atoms with Gasteiger partial charge in [-0.3, -0.25) is 9.80 Å². The zero-order chi connectivity index (χ0) is 14.5. The van der Waals surface area contributed by atoms with Gasteiger partial charge in [0.05, 0.1) is 26.3 Å². The van der Waals surface area contributed by atoms with Gasteiger partial charge in [-0.2, -0.15) is 5.01 Å². The third kappa shape index (κ3) is 8.27. The van der Waals surface area contributed by atoms with E-state index < -0.39 is 0 Å². The topological polar surface area (TPSA) is 70.1 Å². The number of nitrogens with zero attached hydrogens (tertiary/aromatic N) is 2. The van der Waals surface area contributed by atoms with Crippen LogP contribution >= 0.6 is 31.9 Å². The second kappa shape index (κ2) is 12.5. The molecule has 0 saturated carbocycles. The second-order valence-electron chi connectivity index (χ2n) is 3.19. The second-order valence-corrected chi connectivity index (χ2v) is 4.25. The summed E-state index contributed by atoms with van der Waals surface area (Å²) in [5.74, 6) is -0.354. The van der Waals surface area contributed by atoms with Crippen molar-refractivity contribution in [1.82, 2.24) is 10.0 Å². The SMILES string of the molecule is O=CCN(COC/C=C/Br)N(CCO)C(=O)/C=C/Br. The fraction of sp³-hybridized carbons (Fsp3) is 0.455. The Hall–Kier alpha value is -0.540. The van der Waals surface area contributed by atoms with Crippen LogP contribution in [0.2, 0.25) is 0 Å². The molecule has 8 heteroatoms. The fourth-order valence-corrected chi connectivity index (χ4v) is 1.57. The molecule has 1 N–H and O–H groups in total. The molecule has 0 saturated heterocycles. The Kier molecular flexibility index (Phi) is 12.1. The first kappa shape index (κ1) is 18.5. The van der Waals surface area contributed by atoms with E-state index in [1.165, 1.54) is 21.1 Å². The minimum absolute atomic E-state index is 0.000107. The third-order valence-corrected chi connectivity index (χ3v) is 2.58. The van der Waals surface area contributed by atoms with Crippen LogP contribution in [0, 0.1) is 0 Å². The van der Waals surface area contributed by atoms with Gasteiger partial charge in [0, 0.05) is 6.08 Å². The normalized spacial score (nSPS) is 11.6. The van der Waals surface area contributed by atoms with Crippen LogP contribution in [0.15, 0.2) is 22.1 Å². The van der Waals surface area contributed by atoms with Crippen LogP contribution in [-0.4, -0.2) is 60.4 Å². The fourth-order valence-electron chi connectivity index (χ4n) is 1.20. The van der Waals surface area contributed by atoms with Gasteiger partial charge in [-0.15, -0.1) is 0 Å². The Balaban J connectivity index is 4.64. The Labute approximate surface area is 128 Å². The highest BCUT2D eigenvalue weighted by Crippen LogP contribution is 2.01. The lowest BCUT2D eigenvalue weighted by molar-refractivity contribution is -0.157. The van der Waals surface area contributed by atoms with Gasteiger partial charge in [-0.25, -0.2) is 0 Å². The van der Waals surface area contributed by atoms with E-state index in [-0.39, 0.29) is 32.3 Å². The van der Waals surface area contributed by atoms with E-state index >= 15 is 0 Å². The van der Waals surface area contributed by atoms with Crippen LogP contribution in [0.3, 0.4) is 0 Å². The van der Waals surface area contributed by atoms with Gasteiger partial charge in [0.15, 0.2) is 0 Å². The highest BCUT2D eigenvalue weighted by Gasteiger charge is 2.18. The van der Waals surface area contributed by atoms with Gasteiger partial charge in [0.25, 0.3) is 5.91 Å². The average molecular weight is 400 g/mol. The standard InChI is InChI=1S/C11H16Br2N2O4/c12-3-1-9-19-10-14(5-7-16)15(6-8-17)11(18)2-4-13/h1-4,7,17H,5-6,8-10H2/b3-1+,4-2+. The van der Waals surface area contributed by atoms with Crippen LogP contribution in [0.5, 0.6) is 0 Å². The number of carbonyl (C=O) groups is 2. The molecule has 0 aromatic carbocycles. The van der Waals surface area contributed by atoms with Crippen molar-refractivity contribution in [1.29, 1.82) is 0 Å². The summed E-state index contributed by atoms with van der Waals surface area (Å²) in [4.78, 5) is 25.5. The number of carbonyl (C=O) groups excluding carboxylic acids is 2. The van der Waals surface area contributed by atoms with E-state index in [0.29, 0.717) is 12.9 Å². The molecule has 0 aromatic rings. The quantitative estimate of drug-likeness (QED) is 0.195. The summed E-state index contributed by atoms with van der Waals surface area (Å²) in [7, 11) is 0. The van der Waals surface area contributed by atoms with Crippen molar-refractivity contribution >= 4 is 44.1 Å². The summed E-state index contributed by atoms with van der Waals surface area (Å²) in [5.41, 5.74) is 0. The Morgan fingerprint density at radius 2 is 2.05 bits per heavy atom. The van der Waals surface area contributed by atoms with Crippen molar-refractivity contribution in [2.45, 2.75) is 0 Å². The van der Waals surface area contributed by atoms with E-state index in [9.17, 15) is 9.59 Å². The largest absolute Gasteiger partial charge is 0.394 e. The Morgan fingerprint density at radius 3 is 2.58 bits per heavy atom. The van der Waals surface area contributed by atoms with Crippen molar-refractivity contribution in [3.63, 3.8) is 0 Å². The molecule has 0 heterocycles. The minimum Gasteiger partial charge on any atom is -0.394 e. The third-order valence-electron chi connectivity index (χ3n) is 1.94. The van der Waals surface area contributed by atoms with Crippen molar-refractivity contribution < 1.29 is 19.4 Å². The van der Waals surface area contributed by atoms with Gasteiger partial charge in [-0.05, 0) is 9.97 Å². The first-order valence-electron chi connectivity index (χ1n) is 5.41. The maximum atomic E-state index is 11.8. The molecule has 0 aliphatic heterocycles. The summed E-state index contributed by atoms with van der Waals surface area (Å²) in [5, 5.41) is 11.6. The molecule has 0 radical (unpaired) electrons. The van der Waals surface area contributed by atoms with Crippen molar-refractivity contribution in [3.8, 4) is 0 Å². The minimum atomic E-state index is -0.354. The number of ether oxygens (including phenoxy) is 1. The highest BCUT2D eigenvalue weighted by molar-refractivity contribution is 9.11. The maximum absolute atomic E-state index is 11.8. The molecular formula is C11H16Br2N2O4. The predicted octanol–water partition coefficient (Wildman–Crippen LogP) is 1.01. The lowest BCUT2D eigenvalue weighted by atomic mass is 10.5. The summed E-state index contributed by atoms with van der Waals surface area (Å²) in [6.45, 7) is 0.286. The van der Waals surface area contributed by atoms with Crippen LogP contribution < -0.4 is 0 Å². The Morgan fingerprint density at radius 1 is 1.32 bits per heavy atom. The van der Waals surface area contributed by atoms with Gasteiger partial charge >= 0.3 is 0 Å². The average Bonchev–Trinajstić information content (AvgIpc) is 2.40. The van der Waals surface area contributed by atoms with Crippen molar-refractivity contribution in [2.75, 3.05) is 33.0 Å². The van der Waals surface area contributed by atoms with E-state index in [2.05, 4.69) is 31.9 Å². The van der Waals surface area contributed by atoms with E-state index in [1.54, 1.807) is 11.1 Å². The number of halogens is 2. The zero-order valence-electron chi connectivity index (χ0n) is 10.2. The van der Waals surface area contributed by atoms with Crippen LogP contribution in [0.25, 0.3) is 0 Å². The molecule has 0 bridgehead atoms. The number of aliphatic hydroxyl groups is 1. The smallest absolute Gasteiger partial charge is 0.261 e. The van der Waals surface area contributed by atoms with Gasteiger partial charge < -0.3 is 14.6 Å². The molecule has 0 aliphatic carbocycles. The van der Waals surface area contributed by atoms with E-state index in [4.69, 9.17) is 9.84 Å². The molecule has 0 rings (SSSR count). The maximum Gasteiger partial charge on any atom is 0.261 e. The molecule has 19 heavy (non-hydrogen) atoms. The van der Waals surface area contributed by atoms with E-state index in [1.807, 2.05) is 0 Å². The summed E-state index contributed by atoms with van der Waals surface area (Å²) in [6, 6.07) is 0. The monoisotopic (exact) mass is 398 g/mol. The molecule has 0 unspecified atom stereocenters. The molecule has 0 fully saturated rings. The number of hydrazine groups is 1. The molecule has 108 valence electrons. The molecular weight excluding hydrogens is 384 g/mol. The predicted molar refractivity (Wildman–Crippen MR) is 78.5 cm³/mol. The zero-order valence-corrected chi connectivity index (χ0v) is 13.4. The first-order valence-corrected chi connectivity index (χ1v) is 7.25. The lowest BCUT2D eigenvalue weighted by Crippen LogP contribution is -2.49. The van der Waals surface area contributed by atoms with Gasteiger partial charge in [0.2, 0.25) is 0 Å². The number of amides is 1. The highest BCUT2D eigenvalue weighted by atomic mass is 79.9. The number of rotatable bonds is 10. The van der Waals surface area contributed by atoms with Crippen molar-refractivity contribution in [3.05, 3.63) is 22.1 Å². The van der Waals surface area contributed by atoms with Gasteiger partial charge in [-0.1, -0.05) is 37.9 Å². The van der Waals surface area contributed by atoms with Crippen LogP contribution in [0.1, 0.15) is 0 Å². The number of aldehydes is 1. The molecule has 0 atom stereocenters. The Bertz CT molecular complexity index is 324. The van der Waals surface area contributed by atoms with Crippen LogP contribution in [-0.2, 0) is 14.3 Å². The molecule has 1 amide bonds. The summed E-state index contributed by atoms with van der Waals surface area (Å²) in [6.07, 6.45) is 3.68. The molecule has 0 spiro atoms. The summed E-state index contributed by atoms with van der Waals surface area (Å²) >= 11 is 6.11. The number of hydrogen-bond acceptors (Lipinski definition) is 5. The van der Waals surface area contributed by atoms with Crippen LogP contribution in [0.4, 0.5) is 0 Å². The van der Waals surface area contributed by atoms with Gasteiger partial charge in [0.1, 0.15) is 13.0 Å². The molecule has 0 aliphatic rings. The lowest BCUT2D eigenvalue weighted by Gasteiger charge is -2.31.